The van der Waals surface area contributed by atoms with Crippen LogP contribution in [0, 0.1) is 0 Å². The summed E-state index contributed by atoms with van der Waals surface area (Å²) in [5, 5.41) is 0. The van der Waals surface area contributed by atoms with Gasteiger partial charge in [0.15, 0.2) is 0 Å². The predicted octanol–water partition coefficient (Wildman–Crippen LogP) is 0.413. The van der Waals surface area contributed by atoms with E-state index < -0.39 is 40.6 Å². The monoisotopic (exact) mass is 410 g/mol. The van der Waals surface area contributed by atoms with Crippen LogP contribution in [0.4, 0.5) is 0 Å². The van der Waals surface area contributed by atoms with Crippen molar-refractivity contribution in [3.63, 3.8) is 0 Å². The molecule has 2 N–H and O–H groups in total. The third kappa shape index (κ3) is 11.9. The van der Waals surface area contributed by atoms with E-state index in [0.29, 0.717) is 0 Å². The molecule has 0 aliphatic heterocycles. The van der Waals surface area contributed by atoms with Gasteiger partial charge in [-0.2, -0.15) is 0 Å². The summed E-state index contributed by atoms with van der Waals surface area (Å²) in [5.41, 5.74) is 0. The molecule has 0 fully saturated rings. The second kappa shape index (κ2) is 13.5. The van der Waals surface area contributed by atoms with Crippen LogP contribution in [0.2, 0.25) is 19.0 Å². The van der Waals surface area contributed by atoms with Crippen LogP contribution in [0.5, 0.6) is 0 Å². The Morgan fingerprint density at radius 3 is 1.50 bits per heavy atom. The van der Waals surface area contributed by atoms with Gasteiger partial charge in [0.05, 0.1) is 61.7 Å². The highest BCUT2D eigenvalue weighted by Gasteiger charge is 2.31. The molecule has 146 valence electrons. The fourth-order valence-electron chi connectivity index (χ4n) is 1.49. The minimum absolute atomic E-state index is 0.0251. The number of ether oxygens (including phenoxy) is 2. The van der Waals surface area contributed by atoms with Crippen molar-refractivity contribution in [2.75, 3.05) is 34.0 Å². The number of hydrogen-bond acceptors (Lipinski definition) is 8. The zero-order valence-electron chi connectivity index (χ0n) is 14.8. The summed E-state index contributed by atoms with van der Waals surface area (Å²) >= 11 is 0. The van der Waals surface area contributed by atoms with Crippen molar-refractivity contribution in [3.8, 4) is 0 Å². The molecule has 5 atom stereocenters. The van der Waals surface area contributed by atoms with Gasteiger partial charge in [0.2, 0.25) is 0 Å². The Labute approximate surface area is 157 Å². The van der Waals surface area contributed by atoms with Crippen molar-refractivity contribution < 1.29 is 46.5 Å². The molecule has 0 bridgehead atoms. The second-order valence-corrected chi connectivity index (χ2v) is 7.82. The molecule has 2 unspecified atom stereocenters. The minimum Gasteiger partial charge on any atom is -0.382 e. The van der Waals surface area contributed by atoms with Gasteiger partial charge >= 0.3 is 15.6 Å². The average molecular weight is 410 g/mol. The van der Waals surface area contributed by atoms with Crippen molar-refractivity contribution >= 4 is 39.2 Å². The van der Waals surface area contributed by atoms with Gasteiger partial charge in [-0.05, 0) is 0 Å². The van der Waals surface area contributed by atoms with Gasteiger partial charge in [-0.15, -0.1) is 0 Å². The molecule has 0 aromatic heterocycles. The lowest BCUT2D eigenvalue weighted by Gasteiger charge is -2.23. The van der Waals surface area contributed by atoms with E-state index in [0.717, 1.165) is 0 Å². The van der Waals surface area contributed by atoms with E-state index in [4.69, 9.17) is 51.1 Å². The Morgan fingerprint density at radius 1 is 0.769 bits per heavy atom. The Bertz CT molecular complexity index is 468. The van der Waals surface area contributed by atoms with Gasteiger partial charge in [-0.25, -0.2) is 9.13 Å². The molecule has 0 heterocycles. The van der Waals surface area contributed by atoms with Gasteiger partial charge in [0, 0.05) is 14.2 Å². The number of methoxy groups -OCH3 is 2. The minimum atomic E-state index is -4.52. The van der Waals surface area contributed by atoms with Crippen LogP contribution in [-0.4, -0.2) is 85.7 Å². The van der Waals surface area contributed by atoms with E-state index >= 15 is 0 Å². The normalized spacial score (nSPS) is 20.0. The van der Waals surface area contributed by atoms with E-state index in [-0.39, 0.29) is 32.2 Å². The van der Waals surface area contributed by atoms with Crippen molar-refractivity contribution in [1.29, 1.82) is 0 Å². The highest BCUT2D eigenvalue weighted by Crippen LogP contribution is 2.48. The molecule has 26 heavy (non-hydrogen) atoms. The summed E-state index contributed by atoms with van der Waals surface area (Å²) in [4.78, 5) is 19.3. The molecule has 0 aromatic carbocycles. The SMILES string of the molecule is [B]C[C@@H](COP(=O)(O)O[C@@H](C[B])COP(=O)(O)O[C@@H](C[B])COC)OC. The maximum absolute atomic E-state index is 11.9. The average Bonchev–Trinajstić information content (AvgIpc) is 2.58. The van der Waals surface area contributed by atoms with E-state index in [1.807, 2.05) is 0 Å². The molecular weight excluding hydrogens is 386 g/mol. The lowest BCUT2D eigenvalue weighted by Crippen LogP contribution is -2.22. The quantitative estimate of drug-likeness (QED) is 0.273. The molecule has 0 aliphatic carbocycles. The summed E-state index contributed by atoms with van der Waals surface area (Å²) in [7, 11) is 9.83. The molecule has 0 aromatic rings. The first kappa shape index (κ1) is 26.3. The lowest BCUT2D eigenvalue weighted by atomic mass is 10.0. The fourth-order valence-corrected chi connectivity index (χ4v) is 3.37. The van der Waals surface area contributed by atoms with Crippen molar-refractivity contribution in [2.24, 2.45) is 0 Å². The molecule has 10 nitrogen and oxygen atoms in total. The highest BCUT2D eigenvalue weighted by atomic mass is 31.2. The molecule has 0 saturated heterocycles. The van der Waals surface area contributed by atoms with Crippen LogP contribution >= 0.6 is 15.6 Å². The molecule has 6 radical (unpaired) electrons. The van der Waals surface area contributed by atoms with E-state index in [9.17, 15) is 18.9 Å². The standard InChI is InChI=1S/C11H23B3O10P2/c1-19-6-10(4-13)23-26(17,18)22-8-11(5-14)24-25(15,16)21-7-9(3-12)20-2/h9-11H,3-8H2,1-2H3,(H,15,16)(H,17,18)/t9-,10-,11-/m0/s1. The van der Waals surface area contributed by atoms with Crippen molar-refractivity contribution in [3.05, 3.63) is 0 Å². The molecule has 0 saturated carbocycles. The first-order valence-electron chi connectivity index (χ1n) is 7.56. The smallest absolute Gasteiger partial charge is 0.382 e. The largest absolute Gasteiger partial charge is 0.472 e. The first-order valence-corrected chi connectivity index (χ1v) is 10.6. The van der Waals surface area contributed by atoms with E-state index in [1.54, 1.807) is 0 Å². The maximum atomic E-state index is 11.9. The first-order chi connectivity index (χ1) is 12.1. The second-order valence-electron chi connectivity index (χ2n) is 5.00. The molecule has 15 heteroatoms. The highest BCUT2D eigenvalue weighted by molar-refractivity contribution is 7.47. The van der Waals surface area contributed by atoms with E-state index in [2.05, 4.69) is 0 Å². The Hall–Kier alpha value is 0.335. The predicted molar refractivity (Wildman–Crippen MR) is 95.7 cm³/mol. The van der Waals surface area contributed by atoms with Crippen molar-refractivity contribution in [1.82, 2.24) is 0 Å². The summed E-state index contributed by atoms with van der Waals surface area (Å²) < 4.78 is 52.4. The fraction of sp³-hybridized carbons (Fsp3) is 1.00. The van der Waals surface area contributed by atoms with Crippen LogP contribution in [0.25, 0.3) is 0 Å². The molecule has 0 rings (SSSR count). The van der Waals surface area contributed by atoms with Crippen LogP contribution in [0.3, 0.4) is 0 Å². The number of rotatable bonds is 16. The zero-order valence-corrected chi connectivity index (χ0v) is 16.6. The van der Waals surface area contributed by atoms with Gasteiger partial charge in [-0.3, -0.25) is 18.1 Å². The Morgan fingerprint density at radius 2 is 1.15 bits per heavy atom. The lowest BCUT2D eigenvalue weighted by molar-refractivity contribution is 0.0231. The summed E-state index contributed by atoms with van der Waals surface area (Å²) in [6.07, 6.45) is -3.01. The van der Waals surface area contributed by atoms with Crippen LogP contribution in [-0.2, 0) is 36.7 Å². The van der Waals surface area contributed by atoms with Gasteiger partial charge < -0.3 is 19.3 Å². The van der Waals surface area contributed by atoms with Crippen molar-refractivity contribution in [2.45, 2.75) is 37.3 Å². The van der Waals surface area contributed by atoms with Gasteiger partial charge in [-0.1, -0.05) is 19.0 Å². The topological polar surface area (TPSA) is 130 Å². The van der Waals surface area contributed by atoms with Crippen LogP contribution in [0.15, 0.2) is 0 Å². The summed E-state index contributed by atoms with van der Waals surface area (Å²) in [6, 6.07) is 0. The Balaban J connectivity index is 4.56. The third-order valence-corrected chi connectivity index (χ3v) is 4.97. The van der Waals surface area contributed by atoms with E-state index in [1.165, 1.54) is 14.2 Å². The molecule has 0 aliphatic rings. The maximum Gasteiger partial charge on any atom is 0.472 e. The van der Waals surface area contributed by atoms with Gasteiger partial charge in [0.1, 0.15) is 0 Å². The van der Waals surface area contributed by atoms with Gasteiger partial charge in [0.25, 0.3) is 0 Å². The summed E-state index contributed by atoms with van der Waals surface area (Å²) in [5.74, 6) is 0. The number of hydrogen-bond donors (Lipinski definition) is 2. The summed E-state index contributed by atoms with van der Waals surface area (Å²) in [6.45, 7) is -0.925. The number of phosphoric acid groups is 2. The van der Waals surface area contributed by atoms with Crippen LogP contribution < -0.4 is 0 Å². The van der Waals surface area contributed by atoms with Crippen LogP contribution in [0.1, 0.15) is 0 Å². The zero-order chi connectivity index (χ0) is 20.2. The molecule has 0 spiro atoms. The Kier molecular flexibility index (Phi) is 13.7. The molecule has 0 amide bonds. The number of phosphoric ester groups is 2. The molecular formula is C11H23B3O10P2. The third-order valence-electron chi connectivity index (χ3n) is 2.89.